The van der Waals surface area contributed by atoms with Crippen molar-refractivity contribution in [1.29, 1.82) is 0 Å². The average Bonchev–Trinajstić information content (AvgIpc) is 3.03. The molecule has 2 aromatic heterocycles. The third kappa shape index (κ3) is 2.37. The largest absolute Gasteiger partial charge is 0.459 e. The van der Waals surface area contributed by atoms with Crippen molar-refractivity contribution in [3.05, 3.63) is 56.9 Å². The maximum Gasteiger partial charge on any atom is 0.137 e. The Balaban J connectivity index is 2.10. The smallest absolute Gasteiger partial charge is 0.137 e. The van der Waals surface area contributed by atoms with Crippen LogP contribution in [0, 0.1) is 6.92 Å². The Labute approximate surface area is 127 Å². The molecular weight excluding hydrogens is 290 g/mol. The fraction of sp³-hybridized carbons (Fsp3) is 0.250. The van der Waals surface area contributed by atoms with Crippen LogP contribution in [0.5, 0.6) is 0 Å². The molecule has 0 aliphatic rings. The molecule has 0 spiro atoms. The molecule has 0 saturated carbocycles. The third-order valence-corrected chi connectivity index (χ3v) is 4.78. The summed E-state index contributed by atoms with van der Waals surface area (Å²) in [5.74, 6) is 0.917. The second kappa shape index (κ2) is 5.60. The minimum Gasteiger partial charge on any atom is -0.459 e. The molecule has 1 unspecified atom stereocenters. The highest BCUT2D eigenvalue weighted by Gasteiger charge is 2.21. The van der Waals surface area contributed by atoms with Crippen LogP contribution < -0.4 is 5.32 Å². The Morgan fingerprint density at radius 1 is 1.35 bits per heavy atom. The molecule has 2 nitrogen and oxygen atoms in total. The maximum atomic E-state index is 6.28. The molecule has 1 atom stereocenters. The van der Waals surface area contributed by atoms with Crippen LogP contribution in [-0.4, -0.2) is 6.54 Å². The molecule has 0 radical (unpaired) electrons. The first-order valence-corrected chi connectivity index (χ1v) is 7.91. The lowest BCUT2D eigenvalue weighted by molar-refractivity contribution is 0.480. The van der Waals surface area contributed by atoms with Crippen LogP contribution in [0.25, 0.3) is 11.0 Å². The molecule has 0 amide bonds. The lowest BCUT2D eigenvalue weighted by Crippen LogP contribution is -2.20. The zero-order valence-electron chi connectivity index (χ0n) is 11.4. The number of rotatable bonds is 4. The summed E-state index contributed by atoms with van der Waals surface area (Å²) in [7, 11) is 0. The maximum absolute atomic E-state index is 6.28. The molecule has 4 heteroatoms. The van der Waals surface area contributed by atoms with E-state index in [1.807, 2.05) is 11.4 Å². The van der Waals surface area contributed by atoms with E-state index < -0.39 is 0 Å². The van der Waals surface area contributed by atoms with E-state index in [9.17, 15) is 0 Å². The van der Waals surface area contributed by atoms with E-state index >= 15 is 0 Å². The van der Waals surface area contributed by atoms with Gasteiger partial charge in [0.2, 0.25) is 0 Å². The van der Waals surface area contributed by atoms with Gasteiger partial charge in [0.1, 0.15) is 17.4 Å². The Kier molecular flexibility index (Phi) is 3.83. The van der Waals surface area contributed by atoms with Crippen molar-refractivity contribution in [2.45, 2.75) is 19.9 Å². The minimum atomic E-state index is 0.0132. The van der Waals surface area contributed by atoms with Crippen molar-refractivity contribution >= 4 is 33.9 Å². The first-order chi connectivity index (χ1) is 9.70. The minimum absolute atomic E-state index is 0.0132. The molecule has 2 heterocycles. The van der Waals surface area contributed by atoms with Crippen LogP contribution in [0.3, 0.4) is 0 Å². The van der Waals surface area contributed by atoms with Gasteiger partial charge in [0.15, 0.2) is 0 Å². The van der Waals surface area contributed by atoms with Crippen molar-refractivity contribution in [1.82, 2.24) is 5.32 Å². The second-order valence-corrected chi connectivity index (χ2v) is 6.12. The number of hydrogen-bond acceptors (Lipinski definition) is 3. The summed E-state index contributed by atoms with van der Waals surface area (Å²) in [4.78, 5) is 1.10. The van der Waals surface area contributed by atoms with Crippen molar-refractivity contribution in [3.8, 4) is 0 Å². The van der Waals surface area contributed by atoms with Crippen molar-refractivity contribution in [2.75, 3.05) is 6.54 Å². The Morgan fingerprint density at radius 3 is 2.85 bits per heavy atom. The third-order valence-electron chi connectivity index (χ3n) is 3.36. The number of thiophene rings is 1. The van der Waals surface area contributed by atoms with Crippen LogP contribution in [-0.2, 0) is 0 Å². The molecule has 0 saturated heterocycles. The molecule has 3 aromatic rings. The summed E-state index contributed by atoms with van der Waals surface area (Å²) >= 11 is 7.93. The van der Waals surface area contributed by atoms with Crippen LogP contribution in [0.4, 0.5) is 0 Å². The van der Waals surface area contributed by atoms with Gasteiger partial charge < -0.3 is 9.73 Å². The summed E-state index contributed by atoms with van der Waals surface area (Å²) in [5.41, 5.74) is 2.11. The number of benzene rings is 1. The van der Waals surface area contributed by atoms with Crippen LogP contribution >= 0.6 is 22.9 Å². The highest BCUT2D eigenvalue weighted by molar-refractivity contribution is 7.10. The Bertz CT molecular complexity index is 731. The number of hydrogen-bond donors (Lipinski definition) is 1. The molecule has 20 heavy (non-hydrogen) atoms. The van der Waals surface area contributed by atoms with Crippen LogP contribution in [0.1, 0.15) is 29.2 Å². The Hall–Kier alpha value is -1.29. The normalized spacial score (nSPS) is 12.9. The van der Waals surface area contributed by atoms with Gasteiger partial charge in [0, 0.05) is 10.3 Å². The molecule has 1 aromatic carbocycles. The first kappa shape index (κ1) is 13.7. The number of aryl methyl sites for hydroxylation is 1. The molecule has 1 N–H and O–H groups in total. The van der Waals surface area contributed by atoms with Crippen LogP contribution in [0.2, 0.25) is 5.02 Å². The standard InChI is InChI=1S/C16H16ClNOS/c1-3-18-14(16-12(17)7-8-20-16)13-9-11-6-4-5-10(2)15(11)19-13/h4-9,14,18H,3H2,1-2H3. The summed E-state index contributed by atoms with van der Waals surface area (Å²) in [6, 6.07) is 10.2. The van der Waals surface area contributed by atoms with E-state index in [2.05, 4.69) is 43.4 Å². The van der Waals surface area contributed by atoms with Gasteiger partial charge in [-0.05, 0) is 36.5 Å². The average molecular weight is 306 g/mol. The molecule has 0 aliphatic heterocycles. The van der Waals surface area contributed by atoms with Gasteiger partial charge in [0.25, 0.3) is 0 Å². The number of para-hydroxylation sites is 1. The van der Waals surface area contributed by atoms with E-state index in [0.29, 0.717) is 0 Å². The van der Waals surface area contributed by atoms with E-state index in [-0.39, 0.29) is 6.04 Å². The molecule has 0 bridgehead atoms. The lowest BCUT2D eigenvalue weighted by Gasteiger charge is -2.14. The van der Waals surface area contributed by atoms with Gasteiger partial charge in [-0.3, -0.25) is 0 Å². The van der Waals surface area contributed by atoms with Gasteiger partial charge in [-0.1, -0.05) is 36.7 Å². The summed E-state index contributed by atoms with van der Waals surface area (Å²) in [6.07, 6.45) is 0. The molecule has 104 valence electrons. The zero-order valence-corrected chi connectivity index (χ0v) is 13.0. The topological polar surface area (TPSA) is 25.2 Å². The fourth-order valence-corrected chi connectivity index (χ4v) is 3.66. The predicted molar refractivity (Wildman–Crippen MR) is 85.8 cm³/mol. The van der Waals surface area contributed by atoms with Gasteiger partial charge in [-0.2, -0.15) is 0 Å². The van der Waals surface area contributed by atoms with Gasteiger partial charge in [-0.15, -0.1) is 11.3 Å². The number of halogens is 1. The zero-order chi connectivity index (χ0) is 14.1. The summed E-state index contributed by atoms with van der Waals surface area (Å²) in [6.45, 7) is 5.01. The van der Waals surface area contributed by atoms with Crippen molar-refractivity contribution < 1.29 is 4.42 Å². The first-order valence-electron chi connectivity index (χ1n) is 6.66. The summed E-state index contributed by atoms with van der Waals surface area (Å²) < 4.78 is 6.08. The van der Waals surface area contributed by atoms with E-state index in [1.165, 1.54) is 0 Å². The SMILES string of the molecule is CCNC(c1cc2cccc(C)c2o1)c1sccc1Cl. The van der Waals surface area contributed by atoms with Gasteiger partial charge in [0.05, 0.1) is 5.02 Å². The monoisotopic (exact) mass is 305 g/mol. The number of fused-ring (bicyclic) bond motifs is 1. The highest BCUT2D eigenvalue weighted by Crippen LogP contribution is 2.35. The Morgan fingerprint density at radius 2 is 2.20 bits per heavy atom. The van der Waals surface area contributed by atoms with E-state index in [0.717, 1.165) is 38.7 Å². The number of nitrogens with one attached hydrogen (secondary N) is 1. The fourth-order valence-electron chi connectivity index (χ4n) is 2.41. The second-order valence-electron chi connectivity index (χ2n) is 4.77. The molecule has 0 fully saturated rings. The van der Waals surface area contributed by atoms with E-state index in [4.69, 9.17) is 16.0 Å². The predicted octanol–water partition coefficient (Wildman–Crippen LogP) is 5.16. The lowest BCUT2D eigenvalue weighted by atomic mass is 10.1. The van der Waals surface area contributed by atoms with Crippen LogP contribution in [0.15, 0.2) is 40.1 Å². The molecule has 3 rings (SSSR count). The quantitative estimate of drug-likeness (QED) is 0.720. The number of furan rings is 1. The van der Waals surface area contributed by atoms with Crippen molar-refractivity contribution in [3.63, 3.8) is 0 Å². The molecular formula is C16H16ClNOS. The highest BCUT2D eigenvalue weighted by atomic mass is 35.5. The van der Waals surface area contributed by atoms with Gasteiger partial charge >= 0.3 is 0 Å². The molecule has 0 aliphatic carbocycles. The van der Waals surface area contributed by atoms with Crippen molar-refractivity contribution in [2.24, 2.45) is 0 Å². The summed E-state index contributed by atoms with van der Waals surface area (Å²) in [5, 5.41) is 7.39. The van der Waals surface area contributed by atoms with E-state index in [1.54, 1.807) is 11.3 Å². The van der Waals surface area contributed by atoms with Gasteiger partial charge in [-0.25, -0.2) is 0 Å².